The molecule has 0 atom stereocenters. The van der Waals surface area contributed by atoms with Crippen LogP contribution in [0, 0.1) is 48.7 Å². The van der Waals surface area contributed by atoms with Crippen molar-refractivity contribution in [3.05, 3.63) is 0 Å². The Morgan fingerprint density at radius 3 is 0.686 bits per heavy atom. The van der Waals surface area contributed by atoms with Gasteiger partial charge in [-0.3, -0.25) is 0 Å². The molecule has 0 unspecified atom stereocenters. The summed E-state index contributed by atoms with van der Waals surface area (Å²) in [6, 6.07) is 0. The van der Waals surface area contributed by atoms with Crippen LogP contribution in [0.3, 0.4) is 0 Å². The Morgan fingerprint density at radius 2 is 0.629 bits per heavy atom. The summed E-state index contributed by atoms with van der Waals surface area (Å²) in [6.45, 7) is 51.7. The van der Waals surface area contributed by atoms with Crippen LogP contribution in [-0.2, 0) is 0 Å². The number of hydrogen-bond acceptors (Lipinski definition) is 0. The van der Waals surface area contributed by atoms with Crippen molar-refractivity contribution in [1.82, 2.24) is 0 Å². The summed E-state index contributed by atoms with van der Waals surface area (Å²) in [6.07, 6.45) is 5.47. The van der Waals surface area contributed by atoms with Crippen molar-refractivity contribution in [2.45, 2.75) is 178 Å². The average molecular weight is 495 g/mol. The topological polar surface area (TPSA) is 0 Å². The maximum absolute atomic E-state index is 2.39. The average Bonchev–Trinajstić information content (AvgIpc) is 3.20. The maximum atomic E-state index is 2.39. The van der Waals surface area contributed by atoms with Gasteiger partial charge >= 0.3 is 0 Å². The van der Waals surface area contributed by atoms with Gasteiger partial charge in [0.05, 0.1) is 0 Å². The molecule has 1 rings (SSSR count). The molecular formula is C35H74. The third-order valence-electron chi connectivity index (χ3n) is 9.39. The van der Waals surface area contributed by atoms with Gasteiger partial charge in [-0.05, 0) is 74.4 Å². The zero-order valence-corrected chi connectivity index (χ0v) is 29.3. The molecule has 0 aromatic carbocycles. The largest absolute Gasteiger partial charge is 0.0602 e. The standard InChI is InChI=1S/C13H28.C11H22.C11H24/c1-11(2,3)9-13(7,8)10-12(4,5)6;1-9(2,3)11(7-8-11)10(4,5)6;1-9(2,3)11(7,8)10(4,5)6/h9-10H2,1-8H3;7-8H2,1-6H3;1-8H3. The van der Waals surface area contributed by atoms with Crippen molar-refractivity contribution >= 4 is 0 Å². The molecule has 0 aromatic heterocycles. The van der Waals surface area contributed by atoms with Gasteiger partial charge in [-0.2, -0.15) is 0 Å². The fourth-order valence-electron chi connectivity index (χ4n) is 6.81. The molecule has 0 radical (unpaired) electrons. The Morgan fingerprint density at radius 1 is 0.400 bits per heavy atom. The van der Waals surface area contributed by atoms with Crippen LogP contribution >= 0.6 is 0 Å². The van der Waals surface area contributed by atoms with Gasteiger partial charge in [0.15, 0.2) is 0 Å². The second kappa shape index (κ2) is 11.0. The van der Waals surface area contributed by atoms with Gasteiger partial charge < -0.3 is 0 Å². The van der Waals surface area contributed by atoms with Gasteiger partial charge in [0.1, 0.15) is 0 Å². The van der Waals surface area contributed by atoms with Crippen molar-refractivity contribution in [1.29, 1.82) is 0 Å². The van der Waals surface area contributed by atoms with Gasteiger partial charge in [-0.15, -0.1) is 0 Å². The third-order valence-corrected chi connectivity index (χ3v) is 9.39. The lowest BCUT2D eigenvalue weighted by molar-refractivity contribution is 0.00575. The van der Waals surface area contributed by atoms with Crippen LogP contribution in [0.4, 0.5) is 0 Å². The SMILES string of the molecule is CC(C)(C)C(C)(C)C(C)(C)C.CC(C)(C)C1(C(C)(C)C)CC1.CC(C)(C)CC(C)(C)CC(C)(C)C. The van der Waals surface area contributed by atoms with E-state index in [0.717, 1.165) is 0 Å². The normalized spacial score (nSPS) is 17.7. The highest BCUT2D eigenvalue weighted by Crippen LogP contribution is 2.67. The molecule has 0 spiro atoms. The van der Waals surface area contributed by atoms with E-state index in [1.807, 2.05) is 0 Å². The van der Waals surface area contributed by atoms with E-state index in [1.165, 1.54) is 25.7 Å². The van der Waals surface area contributed by atoms with Gasteiger partial charge in [-0.1, -0.05) is 152 Å². The van der Waals surface area contributed by atoms with Crippen molar-refractivity contribution < 1.29 is 0 Å². The first-order chi connectivity index (χ1) is 14.6. The number of rotatable bonds is 2. The molecule has 0 saturated heterocycles. The van der Waals surface area contributed by atoms with Crippen molar-refractivity contribution in [3.63, 3.8) is 0 Å². The summed E-state index contributed by atoms with van der Waals surface area (Å²) in [5.74, 6) is 0. The van der Waals surface area contributed by atoms with Crippen molar-refractivity contribution in [2.24, 2.45) is 48.7 Å². The Bertz CT molecular complexity index is 532. The van der Waals surface area contributed by atoms with E-state index in [9.17, 15) is 0 Å². The van der Waals surface area contributed by atoms with Crippen LogP contribution in [0.5, 0.6) is 0 Å². The molecule has 1 aliphatic rings. The van der Waals surface area contributed by atoms with Gasteiger partial charge in [-0.25, -0.2) is 0 Å². The van der Waals surface area contributed by atoms with Gasteiger partial charge in [0, 0.05) is 0 Å². The molecule has 0 bridgehead atoms. The second-order valence-electron chi connectivity index (χ2n) is 19.8. The molecule has 0 aromatic rings. The summed E-state index contributed by atoms with van der Waals surface area (Å²) in [4.78, 5) is 0. The van der Waals surface area contributed by atoms with Crippen LogP contribution in [0.1, 0.15) is 178 Å². The zero-order chi connectivity index (χ0) is 29.3. The highest BCUT2D eigenvalue weighted by Gasteiger charge is 2.58. The van der Waals surface area contributed by atoms with E-state index in [-0.39, 0.29) is 0 Å². The lowest BCUT2D eigenvalue weighted by atomic mass is 9.56. The first-order valence-corrected chi connectivity index (χ1v) is 14.6. The minimum absolute atomic E-state index is 0.375. The lowest BCUT2D eigenvalue weighted by Gasteiger charge is -2.49. The van der Waals surface area contributed by atoms with E-state index in [0.29, 0.717) is 48.7 Å². The monoisotopic (exact) mass is 495 g/mol. The molecule has 35 heavy (non-hydrogen) atoms. The summed E-state index contributed by atoms with van der Waals surface area (Å²) in [7, 11) is 0. The predicted octanol–water partition coefficient (Wildman–Crippen LogP) is 12.8. The predicted molar refractivity (Wildman–Crippen MR) is 165 cm³/mol. The van der Waals surface area contributed by atoms with E-state index in [1.54, 1.807) is 0 Å². The quantitative estimate of drug-likeness (QED) is 0.358. The van der Waals surface area contributed by atoms with Gasteiger partial charge in [0.2, 0.25) is 0 Å². The Balaban J connectivity index is 0. The van der Waals surface area contributed by atoms with Crippen LogP contribution in [0.25, 0.3) is 0 Å². The molecule has 0 heteroatoms. The van der Waals surface area contributed by atoms with E-state index in [4.69, 9.17) is 0 Å². The molecule has 1 saturated carbocycles. The summed E-state index contributed by atoms with van der Waals surface area (Å²) in [5.41, 5.74) is 4.12. The van der Waals surface area contributed by atoms with Crippen LogP contribution < -0.4 is 0 Å². The summed E-state index contributed by atoms with van der Waals surface area (Å²) >= 11 is 0. The molecule has 0 nitrogen and oxygen atoms in total. The first-order valence-electron chi connectivity index (χ1n) is 14.6. The Labute approximate surface area is 226 Å². The highest BCUT2D eigenvalue weighted by molar-refractivity contribution is 5.08. The van der Waals surface area contributed by atoms with Gasteiger partial charge in [0.25, 0.3) is 0 Å². The highest BCUT2D eigenvalue weighted by atomic mass is 14.6. The summed E-state index contributed by atoms with van der Waals surface area (Å²) < 4.78 is 0. The third kappa shape index (κ3) is 12.4. The molecule has 0 N–H and O–H groups in total. The lowest BCUT2D eigenvalue weighted by Crippen LogP contribution is -2.41. The molecule has 1 aliphatic carbocycles. The Hall–Kier alpha value is 0. The fraction of sp³-hybridized carbons (Fsp3) is 1.00. The van der Waals surface area contributed by atoms with Crippen molar-refractivity contribution in [2.75, 3.05) is 0 Å². The Kier molecular flexibility index (Phi) is 11.7. The van der Waals surface area contributed by atoms with E-state index >= 15 is 0 Å². The van der Waals surface area contributed by atoms with Crippen LogP contribution in [0.2, 0.25) is 0 Å². The number of hydrogen-bond donors (Lipinski definition) is 0. The minimum Gasteiger partial charge on any atom is -0.0602 e. The molecule has 1 fully saturated rings. The fourth-order valence-corrected chi connectivity index (χ4v) is 6.81. The molecular weight excluding hydrogens is 420 g/mol. The molecule has 0 amide bonds. The van der Waals surface area contributed by atoms with E-state index in [2.05, 4.69) is 152 Å². The smallest absolute Gasteiger partial charge is 0.0200 e. The maximum Gasteiger partial charge on any atom is -0.0200 e. The molecule has 214 valence electrons. The first kappa shape index (κ1) is 37.2. The molecule has 0 aliphatic heterocycles. The zero-order valence-electron chi connectivity index (χ0n) is 29.3. The van der Waals surface area contributed by atoms with Crippen LogP contribution in [0.15, 0.2) is 0 Å². The minimum atomic E-state index is 0.375. The second-order valence-corrected chi connectivity index (χ2v) is 19.8. The summed E-state index contributed by atoms with van der Waals surface area (Å²) in [5, 5.41) is 0. The van der Waals surface area contributed by atoms with E-state index < -0.39 is 0 Å². The van der Waals surface area contributed by atoms with Crippen molar-refractivity contribution in [3.8, 4) is 0 Å². The van der Waals surface area contributed by atoms with Crippen LogP contribution in [-0.4, -0.2) is 0 Å². The molecule has 0 heterocycles.